The molecule has 0 bridgehead atoms. The van der Waals surface area contributed by atoms with E-state index in [0.717, 1.165) is 0 Å². The number of alkyl halides is 1. The molecule has 0 aliphatic carbocycles. The normalized spacial score (nSPS) is 11.3. The summed E-state index contributed by atoms with van der Waals surface area (Å²) in [6.07, 6.45) is 3.42. The largest absolute Gasteiger partial charge is 0.419 e. The van der Waals surface area contributed by atoms with Crippen LogP contribution in [-0.4, -0.2) is 10.9 Å². The standard InChI is InChI=1S/C11H8ClNO3/c12-6-2-4-7-3-1-5-8-9(7)10(14)16-11(15)13-8/h1-5H,6H2,(H,13,15). The lowest BCUT2D eigenvalue weighted by Crippen LogP contribution is -2.15. The van der Waals surface area contributed by atoms with E-state index in [9.17, 15) is 9.59 Å². The predicted octanol–water partition coefficient (Wildman–Crippen LogP) is 1.73. The third-order valence-electron chi connectivity index (χ3n) is 2.11. The molecular formula is C11H8ClNO3. The van der Waals surface area contributed by atoms with Gasteiger partial charge in [0.15, 0.2) is 0 Å². The highest BCUT2D eigenvalue weighted by Gasteiger charge is 2.05. The summed E-state index contributed by atoms with van der Waals surface area (Å²) in [6, 6.07) is 5.14. The lowest BCUT2D eigenvalue weighted by atomic mass is 10.1. The monoisotopic (exact) mass is 237 g/mol. The van der Waals surface area contributed by atoms with Crippen LogP contribution in [0, 0.1) is 0 Å². The molecule has 1 aromatic heterocycles. The molecule has 4 nitrogen and oxygen atoms in total. The summed E-state index contributed by atoms with van der Waals surface area (Å²) in [4.78, 5) is 25.0. The number of halogens is 1. The van der Waals surface area contributed by atoms with Gasteiger partial charge < -0.3 is 4.42 Å². The van der Waals surface area contributed by atoms with Crippen LogP contribution in [0.25, 0.3) is 17.0 Å². The number of rotatable bonds is 2. The molecule has 1 heterocycles. The average Bonchev–Trinajstić information content (AvgIpc) is 2.25. The van der Waals surface area contributed by atoms with Crippen molar-refractivity contribution in [1.82, 2.24) is 4.98 Å². The molecule has 0 saturated heterocycles. The number of nitrogens with one attached hydrogen (secondary N) is 1. The van der Waals surface area contributed by atoms with Crippen molar-refractivity contribution in [3.05, 3.63) is 50.8 Å². The fourth-order valence-corrected chi connectivity index (χ4v) is 1.57. The number of fused-ring (bicyclic) bond motifs is 1. The molecule has 0 aliphatic heterocycles. The van der Waals surface area contributed by atoms with Gasteiger partial charge in [0.2, 0.25) is 0 Å². The third-order valence-corrected chi connectivity index (χ3v) is 2.29. The molecule has 0 radical (unpaired) electrons. The summed E-state index contributed by atoms with van der Waals surface area (Å²) in [5, 5.41) is 0.350. The molecule has 0 amide bonds. The second-order valence-electron chi connectivity index (χ2n) is 3.13. The molecule has 0 aliphatic rings. The van der Waals surface area contributed by atoms with Gasteiger partial charge >= 0.3 is 11.4 Å². The topological polar surface area (TPSA) is 63.1 Å². The van der Waals surface area contributed by atoms with Gasteiger partial charge in [0, 0.05) is 5.88 Å². The van der Waals surface area contributed by atoms with Gasteiger partial charge in [-0.2, -0.15) is 0 Å². The molecule has 1 N–H and O–H groups in total. The Hall–Kier alpha value is -1.81. The first-order valence-electron chi connectivity index (χ1n) is 4.61. The maximum Gasteiger partial charge on any atom is 0.419 e. The van der Waals surface area contributed by atoms with Gasteiger partial charge in [0.1, 0.15) is 0 Å². The van der Waals surface area contributed by atoms with E-state index in [1.54, 1.807) is 30.4 Å². The van der Waals surface area contributed by atoms with Gasteiger partial charge in [-0.25, -0.2) is 9.59 Å². The van der Waals surface area contributed by atoms with Crippen LogP contribution >= 0.6 is 11.6 Å². The zero-order valence-corrected chi connectivity index (χ0v) is 8.95. The van der Waals surface area contributed by atoms with Crippen molar-refractivity contribution in [2.75, 3.05) is 5.88 Å². The molecule has 82 valence electrons. The van der Waals surface area contributed by atoms with Crippen molar-refractivity contribution >= 4 is 28.6 Å². The maximum absolute atomic E-state index is 11.5. The van der Waals surface area contributed by atoms with Gasteiger partial charge in [-0.15, -0.1) is 11.6 Å². The highest BCUT2D eigenvalue weighted by atomic mass is 35.5. The zero-order chi connectivity index (χ0) is 11.5. The van der Waals surface area contributed by atoms with Crippen molar-refractivity contribution in [3.63, 3.8) is 0 Å². The first kappa shape index (κ1) is 10.7. The average molecular weight is 238 g/mol. The van der Waals surface area contributed by atoms with E-state index in [4.69, 9.17) is 11.6 Å². The van der Waals surface area contributed by atoms with E-state index in [0.29, 0.717) is 22.3 Å². The summed E-state index contributed by atoms with van der Waals surface area (Å²) in [7, 11) is 0. The molecular weight excluding hydrogens is 230 g/mol. The fraction of sp³-hybridized carbons (Fsp3) is 0.0909. The second kappa shape index (κ2) is 4.37. The number of hydrogen-bond acceptors (Lipinski definition) is 3. The summed E-state index contributed by atoms with van der Waals surface area (Å²) in [6.45, 7) is 0. The molecule has 0 atom stereocenters. The van der Waals surface area contributed by atoms with E-state index in [2.05, 4.69) is 9.40 Å². The number of benzene rings is 1. The van der Waals surface area contributed by atoms with E-state index in [1.807, 2.05) is 0 Å². The number of aromatic amines is 1. The number of H-pyrrole nitrogens is 1. The summed E-state index contributed by atoms with van der Waals surface area (Å²) < 4.78 is 4.48. The fourth-order valence-electron chi connectivity index (χ4n) is 1.48. The van der Waals surface area contributed by atoms with Crippen LogP contribution in [0.1, 0.15) is 5.56 Å². The molecule has 16 heavy (non-hydrogen) atoms. The predicted molar refractivity (Wildman–Crippen MR) is 62.9 cm³/mol. The summed E-state index contributed by atoms with van der Waals surface area (Å²) in [5.74, 6) is -0.401. The van der Waals surface area contributed by atoms with Crippen molar-refractivity contribution in [2.24, 2.45) is 0 Å². The molecule has 0 saturated carbocycles. The Morgan fingerprint density at radius 3 is 2.94 bits per heavy atom. The van der Waals surface area contributed by atoms with E-state index in [-0.39, 0.29) is 0 Å². The highest BCUT2D eigenvalue weighted by Crippen LogP contribution is 2.13. The third kappa shape index (κ3) is 1.92. The van der Waals surface area contributed by atoms with Crippen molar-refractivity contribution in [3.8, 4) is 0 Å². The first-order chi connectivity index (χ1) is 7.72. The Morgan fingerprint density at radius 1 is 1.38 bits per heavy atom. The van der Waals surface area contributed by atoms with Crippen LogP contribution in [0.4, 0.5) is 0 Å². The van der Waals surface area contributed by atoms with Crippen LogP contribution in [0.15, 0.2) is 38.3 Å². The number of allylic oxidation sites excluding steroid dienone is 1. The molecule has 2 rings (SSSR count). The molecule has 0 fully saturated rings. The molecule has 2 aromatic rings. The molecule has 5 heteroatoms. The van der Waals surface area contributed by atoms with E-state index < -0.39 is 11.4 Å². The molecule has 0 unspecified atom stereocenters. The van der Waals surface area contributed by atoms with Crippen LogP contribution < -0.4 is 11.4 Å². The lowest BCUT2D eigenvalue weighted by molar-refractivity contribution is 0.460. The minimum atomic E-state index is -0.754. The Labute approximate surface area is 95.2 Å². The quantitative estimate of drug-likeness (QED) is 0.809. The summed E-state index contributed by atoms with van der Waals surface area (Å²) in [5.41, 5.74) is 0.481. The van der Waals surface area contributed by atoms with Crippen LogP contribution in [0.3, 0.4) is 0 Å². The Morgan fingerprint density at radius 2 is 2.19 bits per heavy atom. The first-order valence-corrected chi connectivity index (χ1v) is 5.14. The van der Waals surface area contributed by atoms with E-state index >= 15 is 0 Å². The minimum Gasteiger partial charge on any atom is -0.372 e. The van der Waals surface area contributed by atoms with Gasteiger partial charge in [-0.3, -0.25) is 4.98 Å². The van der Waals surface area contributed by atoms with E-state index in [1.165, 1.54) is 0 Å². The van der Waals surface area contributed by atoms with Gasteiger partial charge in [-0.05, 0) is 11.6 Å². The number of aromatic nitrogens is 1. The highest BCUT2D eigenvalue weighted by molar-refractivity contribution is 6.19. The summed E-state index contributed by atoms with van der Waals surface area (Å²) >= 11 is 5.52. The van der Waals surface area contributed by atoms with Crippen molar-refractivity contribution in [2.45, 2.75) is 0 Å². The maximum atomic E-state index is 11.5. The van der Waals surface area contributed by atoms with Crippen LogP contribution in [0.5, 0.6) is 0 Å². The second-order valence-corrected chi connectivity index (χ2v) is 3.44. The Balaban J connectivity index is 2.82. The zero-order valence-electron chi connectivity index (χ0n) is 8.20. The Bertz CT molecular complexity index is 654. The van der Waals surface area contributed by atoms with Crippen LogP contribution in [-0.2, 0) is 0 Å². The minimum absolute atomic E-state index is 0.350. The van der Waals surface area contributed by atoms with Gasteiger partial charge in [0.05, 0.1) is 10.9 Å². The van der Waals surface area contributed by atoms with Gasteiger partial charge in [0.25, 0.3) is 0 Å². The molecule has 0 spiro atoms. The SMILES string of the molecule is O=c1[nH]c2cccc(C=CCCl)c2c(=O)o1. The molecule has 1 aromatic carbocycles. The lowest BCUT2D eigenvalue weighted by Gasteiger charge is -1.98. The van der Waals surface area contributed by atoms with Crippen molar-refractivity contribution in [1.29, 1.82) is 0 Å². The van der Waals surface area contributed by atoms with Gasteiger partial charge in [-0.1, -0.05) is 24.3 Å². The number of hydrogen-bond donors (Lipinski definition) is 1. The Kier molecular flexibility index (Phi) is 2.92. The van der Waals surface area contributed by atoms with Crippen molar-refractivity contribution < 1.29 is 4.42 Å². The van der Waals surface area contributed by atoms with Crippen LogP contribution in [0.2, 0.25) is 0 Å². The smallest absolute Gasteiger partial charge is 0.372 e.